The van der Waals surface area contributed by atoms with Crippen LogP contribution in [0.2, 0.25) is 5.02 Å². The van der Waals surface area contributed by atoms with Crippen LogP contribution in [0.1, 0.15) is 32.3 Å². The highest BCUT2D eigenvalue weighted by Gasteiger charge is 2.21. The van der Waals surface area contributed by atoms with Crippen LogP contribution in [-0.2, 0) is 6.42 Å². The highest BCUT2D eigenvalue weighted by atomic mass is 35.5. The molecule has 1 aliphatic heterocycles. The summed E-state index contributed by atoms with van der Waals surface area (Å²) in [6.45, 7) is 5.11. The minimum absolute atomic E-state index is 0.0997. The van der Waals surface area contributed by atoms with E-state index in [2.05, 4.69) is 5.32 Å². The molecule has 3 nitrogen and oxygen atoms in total. The van der Waals surface area contributed by atoms with Gasteiger partial charge in [-0.25, -0.2) is 0 Å². The largest absolute Gasteiger partial charge is 0.493 e. The molecule has 1 N–H and O–H groups in total. The van der Waals surface area contributed by atoms with Crippen LogP contribution in [0.25, 0.3) is 0 Å². The van der Waals surface area contributed by atoms with Gasteiger partial charge in [0.1, 0.15) is 0 Å². The second-order valence-corrected chi connectivity index (χ2v) is 5.63. The summed E-state index contributed by atoms with van der Waals surface area (Å²) in [5.41, 5.74) is 1.05. The molecule has 1 unspecified atom stereocenters. The van der Waals surface area contributed by atoms with Gasteiger partial charge in [-0.05, 0) is 51.8 Å². The van der Waals surface area contributed by atoms with Gasteiger partial charge >= 0.3 is 0 Å². The highest BCUT2D eigenvalue weighted by Crippen LogP contribution is 2.38. The van der Waals surface area contributed by atoms with Gasteiger partial charge in [0.25, 0.3) is 0 Å². The molecule has 0 aliphatic carbocycles. The summed E-state index contributed by atoms with van der Waals surface area (Å²) in [5.74, 6) is 1.55. The SMILES string of the molecule is COc1ccc(Cl)c(CC2CCCN2)c1OC(C)C. The number of nitrogens with one attached hydrogen (secondary N) is 1. The lowest BCUT2D eigenvalue weighted by Crippen LogP contribution is -2.24. The van der Waals surface area contributed by atoms with Crippen molar-refractivity contribution in [2.75, 3.05) is 13.7 Å². The Morgan fingerprint density at radius 2 is 2.21 bits per heavy atom. The van der Waals surface area contributed by atoms with Crippen LogP contribution in [0.3, 0.4) is 0 Å². The quantitative estimate of drug-likeness (QED) is 0.898. The Morgan fingerprint density at radius 3 is 2.79 bits per heavy atom. The zero-order chi connectivity index (χ0) is 13.8. The fourth-order valence-electron chi connectivity index (χ4n) is 2.48. The standard InChI is InChI=1S/C15H22ClNO2/c1-10(2)19-15-12(9-11-5-4-8-17-11)13(16)6-7-14(15)18-3/h6-7,10-11,17H,4-5,8-9H2,1-3H3. The fourth-order valence-corrected chi connectivity index (χ4v) is 2.70. The molecule has 0 saturated carbocycles. The Labute approximate surface area is 120 Å². The normalized spacial score (nSPS) is 18.9. The van der Waals surface area contributed by atoms with E-state index < -0.39 is 0 Å². The molecule has 0 radical (unpaired) electrons. The summed E-state index contributed by atoms with van der Waals surface area (Å²) in [7, 11) is 1.66. The monoisotopic (exact) mass is 283 g/mol. The molecule has 0 aromatic heterocycles. The predicted molar refractivity (Wildman–Crippen MR) is 78.5 cm³/mol. The maximum Gasteiger partial charge on any atom is 0.166 e. The van der Waals surface area contributed by atoms with Crippen LogP contribution in [0.5, 0.6) is 11.5 Å². The molecule has 0 spiro atoms. The maximum atomic E-state index is 6.36. The first kappa shape index (κ1) is 14.5. The van der Waals surface area contributed by atoms with Crippen molar-refractivity contribution in [3.8, 4) is 11.5 Å². The minimum Gasteiger partial charge on any atom is -0.493 e. The number of hydrogen-bond acceptors (Lipinski definition) is 3. The zero-order valence-corrected chi connectivity index (χ0v) is 12.6. The molecule has 106 valence electrons. The van der Waals surface area contributed by atoms with Crippen molar-refractivity contribution in [2.24, 2.45) is 0 Å². The van der Waals surface area contributed by atoms with Crippen molar-refractivity contribution in [1.82, 2.24) is 5.32 Å². The molecule has 0 amide bonds. The van der Waals surface area contributed by atoms with Gasteiger partial charge in [-0.1, -0.05) is 11.6 Å². The number of halogens is 1. The zero-order valence-electron chi connectivity index (χ0n) is 11.8. The van der Waals surface area contributed by atoms with Crippen LogP contribution in [0, 0.1) is 0 Å². The van der Waals surface area contributed by atoms with E-state index in [4.69, 9.17) is 21.1 Å². The van der Waals surface area contributed by atoms with E-state index in [0.717, 1.165) is 35.1 Å². The molecular weight excluding hydrogens is 262 g/mol. The van der Waals surface area contributed by atoms with E-state index >= 15 is 0 Å². The van der Waals surface area contributed by atoms with E-state index in [1.807, 2.05) is 26.0 Å². The van der Waals surface area contributed by atoms with Crippen LogP contribution in [0.4, 0.5) is 0 Å². The second-order valence-electron chi connectivity index (χ2n) is 5.22. The van der Waals surface area contributed by atoms with Gasteiger partial charge in [0.15, 0.2) is 11.5 Å². The average Bonchev–Trinajstić information content (AvgIpc) is 2.86. The van der Waals surface area contributed by atoms with Crippen molar-refractivity contribution in [3.63, 3.8) is 0 Å². The average molecular weight is 284 g/mol. The van der Waals surface area contributed by atoms with Crippen LogP contribution in [-0.4, -0.2) is 25.8 Å². The second kappa shape index (κ2) is 6.49. The van der Waals surface area contributed by atoms with Crippen molar-refractivity contribution in [2.45, 2.75) is 45.3 Å². The molecule has 2 rings (SSSR count). The third kappa shape index (κ3) is 3.54. The van der Waals surface area contributed by atoms with Gasteiger partial charge in [-0.2, -0.15) is 0 Å². The van der Waals surface area contributed by atoms with Gasteiger partial charge in [-0.3, -0.25) is 0 Å². The molecular formula is C15H22ClNO2. The van der Waals surface area contributed by atoms with Crippen LogP contribution >= 0.6 is 11.6 Å². The van der Waals surface area contributed by atoms with Gasteiger partial charge < -0.3 is 14.8 Å². The summed E-state index contributed by atoms with van der Waals surface area (Å²) in [5, 5.41) is 4.25. The predicted octanol–water partition coefficient (Wildman–Crippen LogP) is 3.43. The lowest BCUT2D eigenvalue weighted by atomic mass is 10.0. The van der Waals surface area contributed by atoms with E-state index in [1.54, 1.807) is 7.11 Å². The molecule has 1 fully saturated rings. The number of methoxy groups -OCH3 is 1. The van der Waals surface area contributed by atoms with Crippen LogP contribution < -0.4 is 14.8 Å². The Hall–Kier alpha value is -0.930. The first-order valence-electron chi connectivity index (χ1n) is 6.87. The third-order valence-electron chi connectivity index (χ3n) is 3.35. The van der Waals surface area contributed by atoms with E-state index in [0.29, 0.717) is 6.04 Å². The molecule has 1 aromatic rings. The molecule has 1 aromatic carbocycles. The lowest BCUT2D eigenvalue weighted by Gasteiger charge is -2.20. The Morgan fingerprint density at radius 1 is 1.42 bits per heavy atom. The summed E-state index contributed by atoms with van der Waals surface area (Å²) in [6.07, 6.45) is 3.40. The lowest BCUT2D eigenvalue weighted by molar-refractivity contribution is 0.227. The summed E-state index contributed by atoms with van der Waals surface area (Å²) >= 11 is 6.36. The van der Waals surface area contributed by atoms with Crippen molar-refractivity contribution >= 4 is 11.6 Å². The van der Waals surface area contributed by atoms with E-state index in [-0.39, 0.29) is 6.10 Å². The van der Waals surface area contributed by atoms with Crippen molar-refractivity contribution in [1.29, 1.82) is 0 Å². The number of rotatable bonds is 5. The van der Waals surface area contributed by atoms with E-state index in [9.17, 15) is 0 Å². The number of ether oxygens (including phenoxy) is 2. The highest BCUT2D eigenvalue weighted by molar-refractivity contribution is 6.31. The van der Waals surface area contributed by atoms with Gasteiger partial charge in [-0.15, -0.1) is 0 Å². The molecule has 1 saturated heterocycles. The minimum atomic E-state index is 0.0997. The van der Waals surface area contributed by atoms with Gasteiger partial charge in [0, 0.05) is 16.6 Å². The smallest absolute Gasteiger partial charge is 0.166 e. The molecule has 0 bridgehead atoms. The van der Waals surface area contributed by atoms with Gasteiger partial charge in [0.2, 0.25) is 0 Å². The van der Waals surface area contributed by atoms with Crippen molar-refractivity contribution in [3.05, 3.63) is 22.7 Å². The Bertz CT molecular complexity index is 428. The third-order valence-corrected chi connectivity index (χ3v) is 3.71. The van der Waals surface area contributed by atoms with Gasteiger partial charge in [0.05, 0.1) is 13.2 Å². The maximum absolute atomic E-state index is 6.36. The van der Waals surface area contributed by atoms with Crippen LogP contribution in [0.15, 0.2) is 12.1 Å². The number of benzene rings is 1. The summed E-state index contributed by atoms with van der Waals surface area (Å²) < 4.78 is 11.3. The molecule has 4 heteroatoms. The molecule has 1 heterocycles. The van der Waals surface area contributed by atoms with E-state index in [1.165, 1.54) is 12.8 Å². The topological polar surface area (TPSA) is 30.5 Å². The molecule has 19 heavy (non-hydrogen) atoms. The Kier molecular flexibility index (Phi) is 4.94. The summed E-state index contributed by atoms with van der Waals surface area (Å²) in [6, 6.07) is 4.24. The molecule has 1 atom stereocenters. The number of hydrogen-bond donors (Lipinski definition) is 1. The Balaban J connectivity index is 2.31. The summed E-state index contributed by atoms with van der Waals surface area (Å²) in [4.78, 5) is 0. The first-order chi connectivity index (χ1) is 9.11. The molecule has 1 aliphatic rings. The fraction of sp³-hybridized carbons (Fsp3) is 0.600. The van der Waals surface area contributed by atoms with Crippen molar-refractivity contribution < 1.29 is 9.47 Å². The first-order valence-corrected chi connectivity index (χ1v) is 7.25.